The maximum absolute atomic E-state index is 11.9. The van der Waals surface area contributed by atoms with Crippen LogP contribution in [0.15, 0.2) is 69.9 Å². The summed E-state index contributed by atoms with van der Waals surface area (Å²) in [7, 11) is 0. The van der Waals surface area contributed by atoms with Gasteiger partial charge in [-0.3, -0.25) is 28.8 Å². The van der Waals surface area contributed by atoms with Crippen LogP contribution in [0.4, 0.5) is 0 Å². The van der Waals surface area contributed by atoms with Gasteiger partial charge in [-0.1, -0.05) is 0 Å². The van der Waals surface area contributed by atoms with E-state index in [4.69, 9.17) is 0 Å². The van der Waals surface area contributed by atoms with E-state index in [0.29, 0.717) is 33.4 Å². The van der Waals surface area contributed by atoms with Gasteiger partial charge >= 0.3 is 0 Å². The molecule has 3 saturated carbocycles. The maximum Gasteiger partial charge on any atom is 0.226 e. The van der Waals surface area contributed by atoms with Crippen LogP contribution in [-0.2, 0) is 28.8 Å². The molecule has 0 amide bonds. The molecule has 6 aliphatic rings. The zero-order valence-electron chi connectivity index (χ0n) is 13.1. The van der Waals surface area contributed by atoms with Crippen LogP contribution in [0.25, 0.3) is 0 Å². The van der Waals surface area contributed by atoms with E-state index in [9.17, 15) is 28.8 Å². The Balaban J connectivity index is 1.86. The van der Waals surface area contributed by atoms with Gasteiger partial charge in [-0.25, -0.2) is 0 Å². The molecule has 0 radical (unpaired) electrons. The lowest BCUT2D eigenvalue weighted by molar-refractivity contribution is -0.131. The minimum absolute atomic E-state index is 0.538. The highest BCUT2D eigenvalue weighted by Gasteiger charge is 2.52. The zero-order chi connectivity index (χ0) is 18.3. The number of hydrogen-bond donors (Lipinski definition) is 0. The number of carbonyl (C=O) groups excluding carboxylic acids is 6. The van der Waals surface area contributed by atoms with E-state index < -0.39 is 46.5 Å². The van der Waals surface area contributed by atoms with Crippen LogP contribution >= 0.6 is 0 Å². The number of carbonyl (C=O) groups is 6. The molecular formula is C20H8O6. The molecule has 0 heterocycles. The van der Waals surface area contributed by atoms with Gasteiger partial charge in [0.2, 0.25) is 34.7 Å². The molecule has 6 rings (SSSR count). The van der Waals surface area contributed by atoms with E-state index in [1.807, 2.05) is 0 Å². The molecule has 0 saturated heterocycles. The van der Waals surface area contributed by atoms with Crippen molar-refractivity contribution in [3.63, 3.8) is 0 Å². The highest BCUT2D eigenvalue weighted by Crippen LogP contribution is 2.60. The second-order valence-corrected chi connectivity index (χ2v) is 6.65. The van der Waals surface area contributed by atoms with Crippen molar-refractivity contribution >= 4 is 34.7 Å². The van der Waals surface area contributed by atoms with Gasteiger partial charge in [0, 0.05) is 11.8 Å². The molecule has 0 aliphatic heterocycles. The Labute approximate surface area is 145 Å². The lowest BCUT2D eigenvalue weighted by atomic mass is 9.53. The third kappa shape index (κ3) is 1.65. The summed E-state index contributed by atoms with van der Waals surface area (Å²) in [5, 5.41) is 0. The van der Waals surface area contributed by atoms with Gasteiger partial charge in [0.15, 0.2) is 0 Å². The first-order valence-corrected chi connectivity index (χ1v) is 7.92. The molecule has 2 bridgehead atoms. The molecule has 0 spiro atoms. The highest BCUT2D eigenvalue weighted by molar-refractivity contribution is 6.49. The molecule has 6 nitrogen and oxygen atoms in total. The third-order valence-corrected chi connectivity index (χ3v) is 5.31. The Morgan fingerprint density at radius 1 is 0.346 bits per heavy atom. The van der Waals surface area contributed by atoms with Crippen molar-refractivity contribution in [1.82, 2.24) is 0 Å². The number of ketones is 6. The minimum Gasteiger partial charge on any atom is -0.286 e. The molecule has 0 atom stereocenters. The lowest BCUT2D eigenvalue weighted by Gasteiger charge is -2.49. The lowest BCUT2D eigenvalue weighted by Crippen LogP contribution is -2.42. The van der Waals surface area contributed by atoms with Crippen molar-refractivity contribution in [2.45, 2.75) is 0 Å². The van der Waals surface area contributed by atoms with E-state index >= 15 is 0 Å². The number of rotatable bonds is 0. The minimum atomic E-state index is -0.676. The highest BCUT2D eigenvalue weighted by atomic mass is 16.2. The van der Waals surface area contributed by atoms with E-state index in [1.54, 1.807) is 0 Å². The van der Waals surface area contributed by atoms with Gasteiger partial charge in [0.05, 0.1) is 0 Å². The number of allylic oxidation sites excluding steroid dienone is 12. The van der Waals surface area contributed by atoms with E-state index in [0.717, 1.165) is 0 Å². The van der Waals surface area contributed by atoms with Gasteiger partial charge in [-0.2, -0.15) is 0 Å². The van der Waals surface area contributed by atoms with E-state index in [1.165, 1.54) is 36.5 Å². The molecule has 26 heavy (non-hydrogen) atoms. The Kier molecular flexibility index (Phi) is 2.58. The van der Waals surface area contributed by atoms with Crippen LogP contribution in [0, 0.1) is 11.8 Å². The van der Waals surface area contributed by atoms with Gasteiger partial charge in [0.25, 0.3) is 0 Å². The molecule has 0 N–H and O–H groups in total. The Morgan fingerprint density at radius 2 is 0.500 bits per heavy atom. The van der Waals surface area contributed by atoms with Crippen LogP contribution in [0.3, 0.4) is 0 Å². The van der Waals surface area contributed by atoms with Crippen molar-refractivity contribution in [2.75, 3.05) is 0 Å². The largest absolute Gasteiger partial charge is 0.286 e. The van der Waals surface area contributed by atoms with Crippen molar-refractivity contribution in [3.8, 4) is 0 Å². The quantitative estimate of drug-likeness (QED) is 0.461. The van der Waals surface area contributed by atoms with Gasteiger partial charge in [0.1, 0.15) is 0 Å². The summed E-state index contributed by atoms with van der Waals surface area (Å²) in [6.07, 6.45) is 7.37. The molecular weight excluding hydrogens is 336 g/mol. The molecule has 0 aromatic rings. The van der Waals surface area contributed by atoms with Crippen molar-refractivity contribution in [1.29, 1.82) is 0 Å². The van der Waals surface area contributed by atoms with Gasteiger partial charge < -0.3 is 0 Å². The summed E-state index contributed by atoms with van der Waals surface area (Å²) in [6, 6.07) is 0. The number of hydrogen-bond acceptors (Lipinski definition) is 6. The van der Waals surface area contributed by atoms with E-state index in [-0.39, 0.29) is 0 Å². The maximum atomic E-state index is 11.9. The summed E-state index contributed by atoms with van der Waals surface area (Å²) in [4.78, 5) is 71.4. The second kappa shape index (κ2) is 4.54. The van der Waals surface area contributed by atoms with Crippen LogP contribution in [0.2, 0.25) is 0 Å². The zero-order valence-corrected chi connectivity index (χ0v) is 13.1. The Morgan fingerprint density at radius 3 is 0.654 bits per heavy atom. The van der Waals surface area contributed by atoms with Crippen molar-refractivity contribution < 1.29 is 28.8 Å². The monoisotopic (exact) mass is 344 g/mol. The van der Waals surface area contributed by atoms with Crippen LogP contribution in [-0.4, -0.2) is 34.7 Å². The average molecular weight is 344 g/mol. The summed E-state index contributed by atoms with van der Waals surface area (Å²) in [5.41, 5.74) is 3.23. The summed E-state index contributed by atoms with van der Waals surface area (Å²) < 4.78 is 0. The Hall–Kier alpha value is -3.54. The molecule has 0 unspecified atom stereocenters. The first-order valence-electron chi connectivity index (χ1n) is 7.92. The SMILES string of the molecule is O=C1C=C2C(=CC1=O)C1C3=CC(=O)C(=O)C=C3C2C2=CC(=O)C(=O)C=C21. The standard InChI is InChI=1S/C20H8O6/c21-13-1-7-8(2-14(13)22)20-11-5-17(25)15(23)3-9(11)19(7)10-4-16(24)18(26)6-12(10)20/h1-6,19-20H. The molecule has 0 aromatic heterocycles. The van der Waals surface area contributed by atoms with Crippen LogP contribution in [0.5, 0.6) is 0 Å². The van der Waals surface area contributed by atoms with Crippen molar-refractivity contribution in [2.24, 2.45) is 11.8 Å². The first kappa shape index (κ1) is 14.8. The molecule has 124 valence electrons. The predicted molar refractivity (Wildman–Crippen MR) is 85.5 cm³/mol. The normalized spacial score (nSPS) is 29.1. The van der Waals surface area contributed by atoms with Crippen LogP contribution in [0.1, 0.15) is 0 Å². The summed E-state index contributed by atoms with van der Waals surface area (Å²) >= 11 is 0. The van der Waals surface area contributed by atoms with Gasteiger partial charge in [-0.15, -0.1) is 0 Å². The molecule has 6 aliphatic carbocycles. The first-order chi connectivity index (χ1) is 12.4. The fraction of sp³-hybridized carbons (Fsp3) is 0.100. The molecule has 3 fully saturated rings. The van der Waals surface area contributed by atoms with Gasteiger partial charge in [-0.05, 0) is 69.9 Å². The van der Waals surface area contributed by atoms with Crippen LogP contribution < -0.4 is 0 Å². The topological polar surface area (TPSA) is 102 Å². The predicted octanol–water partition coefficient (Wildman–Crippen LogP) is 0.260. The van der Waals surface area contributed by atoms with E-state index in [2.05, 4.69) is 0 Å². The van der Waals surface area contributed by atoms with Crippen molar-refractivity contribution in [3.05, 3.63) is 69.9 Å². The third-order valence-electron chi connectivity index (χ3n) is 5.31. The molecule has 6 heteroatoms. The summed E-state index contributed by atoms with van der Waals surface area (Å²) in [5.74, 6) is -5.32. The smallest absolute Gasteiger partial charge is 0.226 e. The average Bonchev–Trinajstić information content (AvgIpc) is 2.58. The summed E-state index contributed by atoms with van der Waals surface area (Å²) in [6.45, 7) is 0. The Bertz CT molecular complexity index is 896. The fourth-order valence-electron chi connectivity index (χ4n) is 4.28. The molecule has 0 aromatic carbocycles. The second-order valence-electron chi connectivity index (χ2n) is 6.65. The fourth-order valence-corrected chi connectivity index (χ4v) is 4.28.